The van der Waals surface area contributed by atoms with Crippen molar-refractivity contribution >= 4 is 37.3 Å². The first-order valence-electron chi connectivity index (χ1n) is 7.41. The van der Waals surface area contributed by atoms with Crippen LogP contribution in [0.15, 0.2) is 18.2 Å². The highest BCUT2D eigenvalue weighted by Gasteiger charge is 2.23. The first-order chi connectivity index (χ1) is 10.5. The van der Waals surface area contributed by atoms with Gasteiger partial charge in [-0.2, -0.15) is 0 Å². The lowest BCUT2D eigenvalue weighted by Gasteiger charge is -2.20. The normalized spacial score (nSPS) is 18.9. The first-order valence-corrected chi connectivity index (χ1v) is 9.84. The second kappa shape index (κ2) is 6.14. The number of hydrogen-bond donors (Lipinski definition) is 0. The van der Waals surface area contributed by atoms with Crippen molar-refractivity contribution in [3.8, 4) is 0 Å². The molecule has 22 heavy (non-hydrogen) atoms. The lowest BCUT2D eigenvalue weighted by Crippen LogP contribution is -2.30. The molecule has 0 saturated carbocycles. The third-order valence-electron chi connectivity index (χ3n) is 3.98. The highest BCUT2D eigenvalue weighted by Crippen LogP contribution is 2.28. The molecule has 2 aromatic rings. The number of ether oxygens (including phenoxy) is 1. The smallest absolute Gasteiger partial charge is 0.234 e. The summed E-state index contributed by atoms with van der Waals surface area (Å²) in [6.45, 7) is 2.70. The Labute approximate surface area is 135 Å². The largest absolute Gasteiger partial charge is 0.378 e. The van der Waals surface area contributed by atoms with Gasteiger partial charge in [-0.25, -0.2) is 13.4 Å². The molecule has 0 amide bonds. The number of aromatic nitrogens is 1. The zero-order valence-electron chi connectivity index (χ0n) is 12.8. The molecule has 0 aliphatic carbocycles. The van der Waals surface area contributed by atoms with Crippen LogP contribution < -0.4 is 4.31 Å². The van der Waals surface area contributed by atoms with Gasteiger partial charge in [0.25, 0.3) is 0 Å². The number of thiazole rings is 1. The monoisotopic (exact) mass is 340 g/mol. The molecule has 1 saturated heterocycles. The number of nitrogens with zero attached hydrogens (tertiary/aromatic N) is 2. The number of hydrogen-bond acceptors (Lipinski definition) is 5. The molecule has 0 spiro atoms. The van der Waals surface area contributed by atoms with E-state index in [-0.39, 0.29) is 11.9 Å². The fourth-order valence-corrected chi connectivity index (χ4v) is 4.80. The van der Waals surface area contributed by atoms with Gasteiger partial charge in [0, 0.05) is 13.7 Å². The summed E-state index contributed by atoms with van der Waals surface area (Å²) in [5, 5.41) is 0.982. The molecule has 1 aromatic heterocycles. The van der Waals surface area contributed by atoms with Gasteiger partial charge in [0.05, 0.1) is 32.8 Å². The topological polar surface area (TPSA) is 59.5 Å². The molecular formula is C15H20N2O3S2. The van der Waals surface area contributed by atoms with Gasteiger partial charge < -0.3 is 4.74 Å². The molecule has 0 radical (unpaired) electrons. The molecule has 7 heteroatoms. The Balaban J connectivity index is 1.75. The average molecular weight is 340 g/mol. The quantitative estimate of drug-likeness (QED) is 0.840. The highest BCUT2D eigenvalue weighted by molar-refractivity contribution is 7.92. The third-order valence-corrected chi connectivity index (χ3v) is 6.71. The Morgan fingerprint density at radius 3 is 3.00 bits per heavy atom. The maximum atomic E-state index is 12.5. The van der Waals surface area contributed by atoms with E-state index in [1.54, 1.807) is 18.4 Å². The molecule has 2 heterocycles. The van der Waals surface area contributed by atoms with Gasteiger partial charge in [-0.3, -0.25) is 4.31 Å². The second-order valence-corrected chi connectivity index (χ2v) is 8.95. The zero-order valence-corrected chi connectivity index (χ0v) is 14.4. The maximum absolute atomic E-state index is 12.5. The Morgan fingerprint density at radius 2 is 2.27 bits per heavy atom. The third kappa shape index (κ3) is 3.26. The van der Waals surface area contributed by atoms with Crippen molar-refractivity contribution in [2.45, 2.75) is 32.3 Å². The number of sulfonamides is 1. The molecule has 0 bridgehead atoms. The number of anilines is 1. The van der Waals surface area contributed by atoms with Crippen LogP contribution in [-0.2, 0) is 14.8 Å². The molecule has 1 atom stereocenters. The lowest BCUT2D eigenvalue weighted by molar-refractivity contribution is 0.109. The predicted octanol–water partition coefficient (Wildman–Crippen LogP) is 2.94. The molecule has 1 aliphatic rings. The van der Waals surface area contributed by atoms with E-state index < -0.39 is 10.0 Å². The van der Waals surface area contributed by atoms with Gasteiger partial charge in [-0.05, 0) is 44.4 Å². The molecular weight excluding hydrogens is 320 g/mol. The van der Waals surface area contributed by atoms with E-state index in [0.29, 0.717) is 12.1 Å². The van der Waals surface area contributed by atoms with Gasteiger partial charge in [0.1, 0.15) is 0 Å². The minimum atomic E-state index is -3.33. The summed E-state index contributed by atoms with van der Waals surface area (Å²) in [4.78, 5) is 4.40. The fourth-order valence-electron chi connectivity index (χ4n) is 2.67. The van der Waals surface area contributed by atoms with Crippen molar-refractivity contribution in [1.29, 1.82) is 0 Å². The van der Waals surface area contributed by atoms with E-state index in [4.69, 9.17) is 4.74 Å². The second-order valence-electron chi connectivity index (χ2n) is 5.59. The Hall–Kier alpha value is -1.18. The molecule has 1 aliphatic heterocycles. The summed E-state index contributed by atoms with van der Waals surface area (Å²) in [6.07, 6.45) is 2.65. The van der Waals surface area contributed by atoms with Gasteiger partial charge in [-0.1, -0.05) is 0 Å². The Kier molecular flexibility index (Phi) is 4.38. The van der Waals surface area contributed by atoms with Gasteiger partial charge in [0.2, 0.25) is 10.0 Å². The molecule has 0 unspecified atom stereocenters. The fraction of sp³-hybridized carbons (Fsp3) is 0.533. The van der Waals surface area contributed by atoms with E-state index in [1.165, 1.54) is 4.31 Å². The number of rotatable bonds is 5. The summed E-state index contributed by atoms with van der Waals surface area (Å²) in [6, 6.07) is 5.58. The van der Waals surface area contributed by atoms with Crippen LogP contribution >= 0.6 is 11.3 Å². The van der Waals surface area contributed by atoms with Gasteiger partial charge in [0.15, 0.2) is 0 Å². The van der Waals surface area contributed by atoms with E-state index >= 15 is 0 Å². The van der Waals surface area contributed by atoms with Crippen molar-refractivity contribution in [3.05, 3.63) is 23.2 Å². The van der Waals surface area contributed by atoms with Crippen molar-refractivity contribution in [2.24, 2.45) is 0 Å². The molecule has 3 rings (SSSR count). The maximum Gasteiger partial charge on any atom is 0.234 e. The van der Waals surface area contributed by atoms with Crippen LogP contribution in [-0.4, -0.2) is 38.9 Å². The summed E-state index contributed by atoms with van der Waals surface area (Å²) >= 11 is 1.58. The number of benzene rings is 1. The van der Waals surface area contributed by atoms with E-state index in [1.807, 2.05) is 25.1 Å². The van der Waals surface area contributed by atoms with E-state index in [2.05, 4.69) is 4.98 Å². The van der Waals surface area contributed by atoms with Gasteiger partial charge in [-0.15, -0.1) is 11.3 Å². The molecule has 120 valence electrons. The van der Waals surface area contributed by atoms with Crippen LogP contribution in [0.5, 0.6) is 0 Å². The van der Waals surface area contributed by atoms with Crippen LogP contribution in [0.4, 0.5) is 5.69 Å². The van der Waals surface area contributed by atoms with E-state index in [0.717, 1.165) is 34.7 Å². The predicted molar refractivity (Wildman–Crippen MR) is 90.1 cm³/mol. The summed E-state index contributed by atoms with van der Waals surface area (Å²) in [5.74, 6) is 0.119. The summed E-state index contributed by atoms with van der Waals surface area (Å²) in [5.41, 5.74) is 1.60. The van der Waals surface area contributed by atoms with Crippen LogP contribution in [0.2, 0.25) is 0 Å². The van der Waals surface area contributed by atoms with Crippen LogP contribution in [0.25, 0.3) is 10.2 Å². The van der Waals surface area contributed by atoms with E-state index in [9.17, 15) is 8.42 Å². The number of fused-ring (bicyclic) bond motifs is 1. The average Bonchev–Trinajstić information content (AvgIpc) is 3.11. The zero-order chi connectivity index (χ0) is 15.7. The first kappa shape index (κ1) is 15.7. The SMILES string of the molecule is Cc1nc2ccc(N(C)S(=O)(=O)CC[C@@H]3CCCO3)cc2s1. The summed E-state index contributed by atoms with van der Waals surface area (Å²) < 4.78 is 32.9. The van der Waals surface area contributed by atoms with Crippen molar-refractivity contribution in [3.63, 3.8) is 0 Å². The number of aryl methyl sites for hydroxylation is 1. The highest BCUT2D eigenvalue weighted by atomic mass is 32.2. The Bertz CT molecular complexity index is 764. The molecule has 1 fully saturated rings. The van der Waals surface area contributed by atoms with Crippen LogP contribution in [0.1, 0.15) is 24.3 Å². The van der Waals surface area contributed by atoms with Crippen LogP contribution in [0, 0.1) is 6.92 Å². The summed E-state index contributed by atoms with van der Waals surface area (Å²) in [7, 11) is -1.71. The van der Waals surface area contributed by atoms with Crippen LogP contribution in [0.3, 0.4) is 0 Å². The molecule has 0 N–H and O–H groups in total. The minimum Gasteiger partial charge on any atom is -0.378 e. The van der Waals surface area contributed by atoms with Gasteiger partial charge >= 0.3 is 0 Å². The minimum absolute atomic E-state index is 0.0924. The standard InChI is InChI=1S/C15H20N2O3S2/c1-11-16-14-6-5-12(10-15(14)21-11)17(2)22(18,19)9-7-13-4-3-8-20-13/h5-6,10,13H,3-4,7-9H2,1-2H3/t13-/m0/s1. The van der Waals surface area contributed by atoms with Crippen molar-refractivity contribution < 1.29 is 13.2 Å². The lowest BCUT2D eigenvalue weighted by atomic mass is 10.2. The molecule has 1 aromatic carbocycles. The van der Waals surface area contributed by atoms with Crippen molar-refractivity contribution in [2.75, 3.05) is 23.7 Å². The van der Waals surface area contributed by atoms with Crippen molar-refractivity contribution in [1.82, 2.24) is 4.98 Å². The Morgan fingerprint density at radius 1 is 1.45 bits per heavy atom. The molecule has 5 nitrogen and oxygen atoms in total.